The van der Waals surface area contributed by atoms with E-state index in [-0.39, 0.29) is 12.1 Å². The molecule has 3 N–H and O–H groups in total. The molecule has 0 saturated carbocycles. The Kier molecular flexibility index (Phi) is 7.36. The van der Waals surface area contributed by atoms with Crippen LogP contribution in [0.4, 0.5) is 4.79 Å². The number of benzene rings is 1. The number of hydrogen-bond donors (Lipinski definition) is 3. The Morgan fingerprint density at radius 3 is 2.43 bits per heavy atom. The third kappa shape index (κ3) is 7.01. The molecule has 0 spiro atoms. The molecule has 0 bridgehead atoms. The summed E-state index contributed by atoms with van der Waals surface area (Å²) in [5.74, 6) is 0. The fourth-order valence-electron chi connectivity index (χ4n) is 2.78. The summed E-state index contributed by atoms with van der Waals surface area (Å²) in [6, 6.07) is 8.27. The molecule has 5 heteroatoms. The van der Waals surface area contributed by atoms with Crippen molar-refractivity contribution < 1.29 is 9.90 Å². The van der Waals surface area contributed by atoms with Gasteiger partial charge in [0.2, 0.25) is 0 Å². The third-order valence-corrected chi connectivity index (χ3v) is 4.18. The maximum Gasteiger partial charge on any atom is 0.315 e. The molecular weight excluding hydrogens is 290 g/mol. The molecule has 1 aromatic carbocycles. The van der Waals surface area contributed by atoms with E-state index in [0.29, 0.717) is 19.5 Å². The maximum absolute atomic E-state index is 11.6. The van der Waals surface area contributed by atoms with E-state index >= 15 is 0 Å². The van der Waals surface area contributed by atoms with Crippen molar-refractivity contribution in [3.63, 3.8) is 0 Å². The van der Waals surface area contributed by atoms with Gasteiger partial charge in [-0.25, -0.2) is 4.79 Å². The molecule has 1 unspecified atom stereocenters. The molecule has 1 aliphatic heterocycles. The van der Waals surface area contributed by atoms with Crippen molar-refractivity contribution in [2.45, 2.75) is 51.8 Å². The first kappa shape index (κ1) is 17.8. The number of carbonyl (C=O) groups is 1. The Bertz CT molecular complexity index is 468. The average molecular weight is 319 g/mol. The van der Waals surface area contributed by atoms with Crippen LogP contribution in [-0.2, 0) is 13.1 Å². The minimum atomic E-state index is -0.386. The predicted molar refractivity (Wildman–Crippen MR) is 92.1 cm³/mol. The van der Waals surface area contributed by atoms with Crippen molar-refractivity contribution in [2.24, 2.45) is 0 Å². The van der Waals surface area contributed by atoms with Gasteiger partial charge in [-0.05, 0) is 50.4 Å². The molecule has 1 heterocycles. The van der Waals surface area contributed by atoms with E-state index in [2.05, 4.69) is 39.8 Å². The molecule has 5 nitrogen and oxygen atoms in total. The Hall–Kier alpha value is -1.59. The number of likely N-dealkylation sites (tertiary alicyclic amines) is 1. The first-order valence-corrected chi connectivity index (χ1v) is 8.63. The van der Waals surface area contributed by atoms with Gasteiger partial charge in [0.15, 0.2) is 0 Å². The molecule has 0 aliphatic carbocycles. The molecule has 128 valence electrons. The second kappa shape index (κ2) is 9.53. The fourth-order valence-corrected chi connectivity index (χ4v) is 2.78. The normalized spacial score (nSPS) is 16.8. The Balaban J connectivity index is 1.68. The van der Waals surface area contributed by atoms with Gasteiger partial charge in [-0.1, -0.05) is 30.7 Å². The van der Waals surface area contributed by atoms with Crippen molar-refractivity contribution in [1.82, 2.24) is 15.5 Å². The number of hydrogen-bond acceptors (Lipinski definition) is 3. The lowest BCUT2D eigenvalue weighted by Crippen LogP contribution is -2.36. The molecule has 2 amide bonds. The first-order chi connectivity index (χ1) is 11.1. The molecule has 1 saturated heterocycles. The number of urea groups is 1. The second-order valence-electron chi connectivity index (χ2n) is 6.40. The predicted octanol–water partition coefficient (Wildman–Crippen LogP) is 2.24. The van der Waals surface area contributed by atoms with Crippen molar-refractivity contribution >= 4 is 6.03 Å². The largest absolute Gasteiger partial charge is 0.393 e. The van der Waals surface area contributed by atoms with Gasteiger partial charge in [0.05, 0.1) is 6.10 Å². The van der Waals surface area contributed by atoms with Crippen LogP contribution in [0.15, 0.2) is 24.3 Å². The van der Waals surface area contributed by atoms with Crippen LogP contribution in [0.1, 0.15) is 43.7 Å². The molecular formula is C18H29N3O2. The molecule has 23 heavy (non-hydrogen) atoms. The monoisotopic (exact) mass is 319 g/mol. The van der Waals surface area contributed by atoms with Crippen molar-refractivity contribution in [1.29, 1.82) is 0 Å². The smallest absolute Gasteiger partial charge is 0.315 e. The summed E-state index contributed by atoms with van der Waals surface area (Å²) in [4.78, 5) is 14.1. The second-order valence-corrected chi connectivity index (χ2v) is 6.40. The lowest BCUT2D eigenvalue weighted by Gasteiger charge is -2.26. The van der Waals surface area contributed by atoms with Gasteiger partial charge in [0, 0.05) is 19.6 Å². The van der Waals surface area contributed by atoms with Gasteiger partial charge in [-0.15, -0.1) is 0 Å². The highest BCUT2D eigenvalue weighted by Gasteiger charge is 2.10. The maximum atomic E-state index is 11.6. The van der Waals surface area contributed by atoms with E-state index in [1.165, 1.54) is 37.9 Å². The summed E-state index contributed by atoms with van der Waals surface area (Å²) in [6.07, 6.45) is 4.17. The van der Waals surface area contributed by atoms with Crippen LogP contribution in [0.5, 0.6) is 0 Å². The summed E-state index contributed by atoms with van der Waals surface area (Å²) in [5.41, 5.74) is 2.43. The Morgan fingerprint density at radius 1 is 1.13 bits per heavy atom. The van der Waals surface area contributed by atoms with Crippen LogP contribution < -0.4 is 10.6 Å². The van der Waals surface area contributed by atoms with Gasteiger partial charge in [0.25, 0.3) is 0 Å². The minimum Gasteiger partial charge on any atom is -0.393 e. The zero-order chi connectivity index (χ0) is 16.5. The van der Waals surface area contributed by atoms with Gasteiger partial charge < -0.3 is 15.7 Å². The van der Waals surface area contributed by atoms with E-state index in [9.17, 15) is 4.79 Å². The summed E-state index contributed by atoms with van der Waals surface area (Å²) < 4.78 is 0. The molecule has 0 aromatic heterocycles. The van der Waals surface area contributed by atoms with E-state index in [1.807, 2.05) is 0 Å². The first-order valence-electron chi connectivity index (χ1n) is 8.63. The SMILES string of the molecule is CC(O)CCNC(=O)NCc1ccc(CN2CCCCC2)cc1. The highest BCUT2D eigenvalue weighted by molar-refractivity contribution is 5.73. The summed E-state index contributed by atoms with van der Waals surface area (Å²) >= 11 is 0. The number of carbonyl (C=O) groups excluding carboxylic acids is 1. The lowest BCUT2D eigenvalue weighted by molar-refractivity contribution is 0.183. The number of aliphatic hydroxyl groups excluding tert-OH is 1. The molecule has 1 aromatic rings. The Morgan fingerprint density at radius 2 is 1.78 bits per heavy atom. The fraction of sp³-hybridized carbons (Fsp3) is 0.611. The van der Waals surface area contributed by atoms with Crippen molar-refractivity contribution in [3.05, 3.63) is 35.4 Å². The number of amides is 2. The standard InChI is InChI=1S/C18H29N3O2/c1-15(22)9-10-19-18(23)20-13-16-5-7-17(8-6-16)14-21-11-3-2-4-12-21/h5-8,15,22H,2-4,9-14H2,1H3,(H2,19,20,23). The lowest BCUT2D eigenvalue weighted by atomic mass is 10.1. The molecule has 0 radical (unpaired) electrons. The third-order valence-electron chi connectivity index (χ3n) is 4.18. The highest BCUT2D eigenvalue weighted by Crippen LogP contribution is 2.13. The van der Waals surface area contributed by atoms with E-state index < -0.39 is 0 Å². The zero-order valence-electron chi connectivity index (χ0n) is 14.1. The van der Waals surface area contributed by atoms with Crippen LogP contribution in [0.3, 0.4) is 0 Å². The van der Waals surface area contributed by atoms with Crippen molar-refractivity contribution in [3.8, 4) is 0 Å². The average Bonchev–Trinajstić information content (AvgIpc) is 2.55. The van der Waals surface area contributed by atoms with Gasteiger partial charge in [-0.3, -0.25) is 4.90 Å². The number of nitrogens with zero attached hydrogens (tertiary/aromatic N) is 1. The Labute approximate surface area is 139 Å². The van der Waals surface area contributed by atoms with E-state index in [0.717, 1.165) is 12.1 Å². The van der Waals surface area contributed by atoms with Crippen LogP contribution in [0.2, 0.25) is 0 Å². The summed E-state index contributed by atoms with van der Waals surface area (Å²) in [5, 5.41) is 14.7. The summed E-state index contributed by atoms with van der Waals surface area (Å²) in [7, 11) is 0. The van der Waals surface area contributed by atoms with E-state index in [4.69, 9.17) is 5.11 Å². The van der Waals surface area contributed by atoms with Crippen LogP contribution >= 0.6 is 0 Å². The van der Waals surface area contributed by atoms with Crippen LogP contribution in [0.25, 0.3) is 0 Å². The zero-order valence-corrected chi connectivity index (χ0v) is 14.1. The van der Waals surface area contributed by atoms with Crippen LogP contribution in [0, 0.1) is 0 Å². The molecule has 1 aliphatic rings. The topological polar surface area (TPSA) is 64.6 Å². The van der Waals surface area contributed by atoms with Crippen molar-refractivity contribution in [2.75, 3.05) is 19.6 Å². The molecule has 1 atom stereocenters. The van der Waals surface area contributed by atoms with Gasteiger partial charge in [-0.2, -0.15) is 0 Å². The highest BCUT2D eigenvalue weighted by atomic mass is 16.3. The summed E-state index contributed by atoms with van der Waals surface area (Å²) in [6.45, 7) is 6.15. The number of rotatable bonds is 7. The van der Waals surface area contributed by atoms with Crippen LogP contribution in [-0.4, -0.2) is 41.8 Å². The van der Waals surface area contributed by atoms with Gasteiger partial charge in [0.1, 0.15) is 0 Å². The number of aliphatic hydroxyl groups is 1. The molecule has 2 rings (SSSR count). The number of nitrogens with one attached hydrogen (secondary N) is 2. The van der Waals surface area contributed by atoms with Gasteiger partial charge >= 0.3 is 6.03 Å². The quantitative estimate of drug-likeness (QED) is 0.722. The van der Waals surface area contributed by atoms with E-state index in [1.54, 1.807) is 6.92 Å². The minimum absolute atomic E-state index is 0.192. The number of piperidine rings is 1. The molecule has 1 fully saturated rings.